The summed E-state index contributed by atoms with van der Waals surface area (Å²) in [5.74, 6) is 1.31. The van der Waals surface area contributed by atoms with Crippen molar-refractivity contribution < 1.29 is 4.92 Å². The van der Waals surface area contributed by atoms with E-state index in [1.165, 1.54) is 23.9 Å². The molecule has 0 amide bonds. The molecule has 0 aliphatic carbocycles. The van der Waals surface area contributed by atoms with Gasteiger partial charge in [-0.2, -0.15) is 0 Å². The van der Waals surface area contributed by atoms with E-state index in [2.05, 4.69) is 10.2 Å². The molecule has 0 N–H and O–H groups in total. The first-order valence-corrected chi connectivity index (χ1v) is 10.1. The summed E-state index contributed by atoms with van der Waals surface area (Å²) < 4.78 is 1.99. The Morgan fingerprint density at radius 2 is 1.72 bits per heavy atom. The van der Waals surface area contributed by atoms with Gasteiger partial charge in [-0.05, 0) is 29.8 Å². The normalized spacial score (nSPS) is 10.8. The van der Waals surface area contributed by atoms with Crippen LogP contribution in [0.25, 0.3) is 17.1 Å². The Morgan fingerprint density at radius 3 is 2.41 bits per heavy atom. The van der Waals surface area contributed by atoms with Crippen LogP contribution >= 0.6 is 23.4 Å². The second-order valence-corrected chi connectivity index (χ2v) is 7.58. The lowest BCUT2D eigenvalue weighted by Crippen LogP contribution is -1.99. The van der Waals surface area contributed by atoms with Crippen LogP contribution in [0.1, 0.15) is 5.56 Å². The quantitative estimate of drug-likeness (QED) is 0.223. The molecule has 0 bridgehead atoms. The van der Waals surface area contributed by atoms with Crippen molar-refractivity contribution >= 4 is 29.1 Å². The summed E-state index contributed by atoms with van der Waals surface area (Å²) in [6.45, 7) is 0. The number of non-ortho nitro benzene ring substituents is 1. The number of nitrogens with zero attached hydrogens (tertiary/aromatic N) is 4. The predicted molar refractivity (Wildman–Crippen MR) is 114 cm³/mol. The average Bonchev–Trinajstić information content (AvgIpc) is 3.17. The van der Waals surface area contributed by atoms with Gasteiger partial charge in [0, 0.05) is 34.2 Å². The average molecular weight is 423 g/mol. The van der Waals surface area contributed by atoms with E-state index in [1.54, 1.807) is 12.1 Å². The molecule has 0 fully saturated rings. The molecule has 0 spiro atoms. The molecule has 6 nitrogen and oxygen atoms in total. The standard InChI is InChI=1S/C21H15ClN4O2S/c22-17-6-4-5-16(13-17)20-23-24-21(25(20)18-7-2-1-3-8-18)29-14-15-9-11-19(12-10-15)26(27)28/h1-13H,14H2. The van der Waals surface area contributed by atoms with Crippen molar-refractivity contribution in [3.63, 3.8) is 0 Å². The van der Waals surface area contributed by atoms with Crippen LogP contribution in [-0.4, -0.2) is 19.7 Å². The minimum Gasteiger partial charge on any atom is -0.270 e. The molecule has 3 aromatic carbocycles. The Kier molecular flexibility index (Phi) is 5.59. The van der Waals surface area contributed by atoms with Crippen molar-refractivity contribution in [2.24, 2.45) is 0 Å². The first-order chi connectivity index (χ1) is 14.1. The van der Waals surface area contributed by atoms with E-state index in [9.17, 15) is 10.1 Å². The van der Waals surface area contributed by atoms with Gasteiger partial charge in [-0.15, -0.1) is 10.2 Å². The fourth-order valence-corrected chi connectivity index (χ4v) is 3.95. The van der Waals surface area contributed by atoms with Crippen molar-refractivity contribution in [3.05, 3.63) is 99.6 Å². The van der Waals surface area contributed by atoms with Gasteiger partial charge in [0.2, 0.25) is 0 Å². The summed E-state index contributed by atoms with van der Waals surface area (Å²) in [6, 6.07) is 23.9. The maximum Gasteiger partial charge on any atom is 0.269 e. The minimum absolute atomic E-state index is 0.0782. The fourth-order valence-electron chi connectivity index (χ4n) is 2.85. The van der Waals surface area contributed by atoms with Gasteiger partial charge in [0.15, 0.2) is 11.0 Å². The largest absolute Gasteiger partial charge is 0.270 e. The van der Waals surface area contributed by atoms with Gasteiger partial charge in [-0.25, -0.2) is 0 Å². The van der Waals surface area contributed by atoms with E-state index < -0.39 is 4.92 Å². The number of rotatable bonds is 6. The zero-order valence-corrected chi connectivity index (χ0v) is 16.7. The van der Waals surface area contributed by atoms with Crippen molar-refractivity contribution in [1.29, 1.82) is 0 Å². The van der Waals surface area contributed by atoms with Gasteiger partial charge in [0.1, 0.15) is 0 Å². The second kappa shape index (κ2) is 8.46. The number of nitro benzene ring substituents is 1. The minimum atomic E-state index is -0.403. The summed E-state index contributed by atoms with van der Waals surface area (Å²) >= 11 is 7.68. The Morgan fingerprint density at radius 1 is 0.966 bits per heavy atom. The molecule has 0 aliphatic heterocycles. The molecule has 144 valence electrons. The number of nitro groups is 1. The lowest BCUT2D eigenvalue weighted by molar-refractivity contribution is -0.384. The molecule has 4 aromatic rings. The molecule has 0 unspecified atom stereocenters. The number of aromatic nitrogens is 3. The molecule has 0 atom stereocenters. The topological polar surface area (TPSA) is 73.8 Å². The SMILES string of the molecule is O=[N+]([O-])c1ccc(CSc2nnc(-c3cccc(Cl)c3)n2-c2ccccc2)cc1. The zero-order valence-electron chi connectivity index (χ0n) is 15.1. The lowest BCUT2D eigenvalue weighted by Gasteiger charge is -2.10. The first-order valence-electron chi connectivity index (χ1n) is 8.75. The summed E-state index contributed by atoms with van der Waals surface area (Å²) in [7, 11) is 0. The molecule has 8 heteroatoms. The molecule has 0 aliphatic rings. The zero-order chi connectivity index (χ0) is 20.2. The molecule has 0 saturated carbocycles. The molecule has 4 rings (SSSR count). The summed E-state index contributed by atoms with van der Waals surface area (Å²) in [4.78, 5) is 10.4. The highest BCUT2D eigenvalue weighted by Crippen LogP contribution is 2.31. The molecule has 0 saturated heterocycles. The molecule has 1 aromatic heterocycles. The Bertz CT molecular complexity index is 1150. The Labute approximate surface area is 176 Å². The van der Waals surface area contributed by atoms with Crippen LogP contribution in [0.5, 0.6) is 0 Å². The van der Waals surface area contributed by atoms with Crippen LogP contribution in [0.4, 0.5) is 5.69 Å². The predicted octanol–water partition coefficient (Wildman–Crippen LogP) is 5.79. The van der Waals surface area contributed by atoms with Gasteiger partial charge in [-0.1, -0.05) is 65.8 Å². The maximum atomic E-state index is 10.8. The third kappa shape index (κ3) is 4.31. The smallest absolute Gasteiger partial charge is 0.269 e. The molecular weight excluding hydrogens is 408 g/mol. The number of benzene rings is 3. The van der Waals surface area contributed by atoms with E-state index in [4.69, 9.17) is 11.6 Å². The van der Waals surface area contributed by atoms with Gasteiger partial charge >= 0.3 is 0 Å². The van der Waals surface area contributed by atoms with E-state index in [1.807, 2.05) is 59.2 Å². The highest BCUT2D eigenvalue weighted by molar-refractivity contribution is 7.98. The number of halogens is 1. The third-order valence-corrected chi connectivity index (χ3v) is 5.48. The third-order valence-electron chi connectivity index (χ3n) is 4.25. The van der Waals surface area contributed by atoms with Crippen molar-refractivity contribution in [2.45, 2.75) is 10.9 Å². The number of hydrogen-bond donors (Lipinski definition) is 0. The van der Waals surface area contributed by atoms with Crippen molar-refractivity contribution in [1.82, 2.24) is 14.8 Å². The lowest BCUT2D eigenvalue weighted by atomic mass is 10.2. The van der Waals surface area contributed by atoms with Crippen molar-refractivity contribution in [2.75, 3.05) is 0 Å². The van der Waals surface area contributed by atoms with E-state index in [0.717, 1.165) is 22.0 Å². The molecule has 1 heterocycles. The molecule has 29 heavy (non-hydrogen) atoms. The summed E-state index contributed by atoms with van der Waals surface area (Å²) in [5, 5.41) is 21.0. The summed E-state index contributed by atoms with van der Waals surface area (Å²) in [6.07, 6.45) is 0. The highest BCUT2D eigenvalue weighted by atomic mass is 35.5. The highest BCUT2D eigenvalue weighted by Gasteiger charge is 2.16. The second-order valence-electron chi connectivity index (χ2n) is 6.20. The number of hydrogen-bond acceptors (Lipinski definition) is 5. The van der Waals surface area contributed by atoms with Gasteiger partial charge in [-0.3, -0.25) is 14.7 Å². The van der Waals surface area contributed by atoms with E-state index >= 15 is 0 Å². The van der Waals surface area contributed by atoms with Crippen LogP contribution in [0.15, 0.2) is 84.0 Å². The summed E-state index contributed by atoms with van der Waals surface area (Å²) in [5.41, 5.74) is 2.86. The van der Waals surface area contributed by atoms with Crippen LogP contribution in [-0.2, 0) is 5.75 Å². The van der Waals surface area contributed by atoms with E-state index in [-0.39, 0.29) is 5.69 Å². The number of para-hydroxylation sites is 1. The number of thioether (sulfide) groups is 1. The van der Waals surface area contributed by atoms with Crippen LogP contribution in [0.3, 0.4) is 0 Å². The maximum absolute atomic E-state index is 10.8. The Hall–Kier alpha value is -3.16. The van der Waals surface area contributed by atoms with Crippen LogP contribution in [0.2, 0.25) is 5.02 Å². The molecular formula is C21H15ClN4O2S. The monoisotopic (exact) mass is 422 g/mol. The van der Waals surface area contributed by atoms with Crippen LogP contribution < -0.4 is 0 Å². The molecule has 0 radical (unpaired) electrons. The first kappa shape index (κ1) is 19.2. The fraction of sp³-hybridized carbons (Fsp3) is 0.0476. The van der Waals surface area contributed by atoms with Gasteiger partial charge in [0.25, 0.3) is 5.69 Å². The van der Waals surface area contributed by atoms with Crippen molar-refractivity contribution in [3.8, 4) is 17.1 Å². The van der Waals surface area contributed by atoms with Crippen LogP contribution in [0, 0.1) is 10.1 Å². The Balaban J connectivity index is 1.67. The van der Waals surface area contributed by atoms with E-state index in [0.29, 0.717) is 16.6 Å². The van der Waals surface area contributed by atoms with Gasteiger partial charge < -0.3 is 0 Å². The van der Waals surface area contributed by atoms with Gasteiger partial charge in [0.05, 0.1) is 4.92 Å².